The molecule has 20 heteroatoms. The largest absolute Gasteiger partial charge is 0.460 e. The zero-order chi connectivity index (χ0) is 39.6. The minimum absolute atomic E-state index is 0.0162. The van der Waals surface area contributed by atoms with E-state index in [2.05, 4.69) is 105 Å². The molecular weight excluding hydrogens is 719 g/mol. The van der Waals surface area contributed by atoms with Crippen molar-refractivity contribution >= 4 is 123 Å². The lowest BCUT2D eigenvalue weighted by Crippen LogP contribution is -2.81. The van der Waals surface area contributed by atoms with Gasteiger partial charge in [0.15, 0.2) is 0 Å². The first-order chi connectivity index (χ1) is 23.5. The molecule has 266 valence electrons. The van der Waals surface area contributed by atoms with Crippen molar-refractivity contribution in [1.82, 2.24) is 10.3 Å². The number of amides is 1. The number of piperidine rings is 1. The van der Waals surface area contributed by atoms with E-state index in [9.17, 15) is 22.8 Å². The Labute approximate surface area is 324 Å². The van der Waals surface area contributed by atoms with Crippen LogP contribution in [0.2, 0.25) is 15.6 Å². The van der Waals surface area contributed by atoms with Crippen LogP contribution in [0.1, 0.15) is 66.6 Å². The van der Waals surface area contributed by atoms with Crippen LogP contribution in [0.15, 0.2) is 46.9 Å². The van der Waals surface area contributed by atoms with E-state index in [0.29, 0.717) is 27.8 Å². The summed E-state index contributed by atoms with van der Waals surface area (Å²) in [5.41, 5.74) is 0.194. The van der Waals surface area contributed by atoms with Gasteiger partial charge in [-0.25, -0.2) is 4.98 Å². The summed E-state index contributed by atoms with van der Waals surface area (Å²) in [6.45, 7) is 7.00. The summed E-state index contributed by atoms with van der Waals surface area (Å²) in [5, 5.41) is 2.20. The molecule has 0 aliphatic carbocycles. The molecule has 0 saturated carbocycles. The third kappa shape index (κ3) is 7.32. The quantitative estimate of drug-likeness (QED) is 0.208. The molecule has 0 bridgehead atoms. The molecule has 2 heterocycles. The number of carbonyl (C=O) groups excluding carboxylic acids is 2. The summed E-state index contributed by atoms with van der Waals surface area (Å²) in [4.78, 5) is 35.0. The highest BCUT2D eigenvalue weighted by Gasteiger charge is 2.66. The van der Waals surface area contributed by atoms with E-state index in [1.54, 1.807) is 26.8 Å². The van der Waals surface area contributed by atoms with Gasteiger partial charge in [-0.05, 0) is 74.6 Å². The number of carbonyl (C=O) groups is 2. The number of hydrogen-bond acceptors (Lipinski definition) is 5. The maximum Gasteiger partial charge on any atom is 0.416 e. The van der Waals surface area contributed by atoms with Crippen molar-refractivity contribution in [2.24, 2.45) is 0 Å². The standard InChI is InChI=1S/C32H47B10BrF3N3O3/c1-15-23(25(51)47-14-16(9-12-22(50)52-26(2,3)4)18-7-5-6-8-20(18)27(44,45)46)19-13-17(43)10-11-21(19)48-24(15)49-31(39,40)29(35,36)28(33,34)30(37,38)32(49,41)42/h5-8,10-11,13,16H,9,12,14,33-42H2,1-4H3,(H,47,51). The fourth-order valence-corrected chi connectivity index (χ4v) is 8.75. The predicted molar refractivity (Wildman–Crippen MR) is 237 cm³/mol. The maximum absolute atomic E-state index is 14.6. The molecule has 1 saturated heterocycles. The number of nitrogens with zero attached hydrogens (tertiary/aromatic N) is 2. The Hall–Kier alpha value is -2.49. The van der Waals surface area contributed by atoms with Crippen LogP contribution in [-0.2, 0) is 15.7 Å². The van der Waals surface area contributed by atoms with Gasteiger partial charge in [0, 0.05) is 34.3 Å². The number of fused-ring (bicyclic) bond motifs is 1. The van der Waals surface area contributed by atoms with Gasteiger partial charge in [0.05, 0.1) is 63.7 Å². The fraction of sp³-hybridized carbons (Fsp3) is 0.469. The molecule has 1 N–H and O–H groups in total. The molecule has 0 spiro atoms. The van der Waals surface area contributed by atoms with E-state index >= 15 is 0 Å². The van der Waals surface area contributed by atoms with Crippen LogP contribution in [-0.4, -0.2) is 118 Å². The third-order valence-corrected chi connectivity index (χ3v) is 13.7. The van der Waals surface area contributed by atoms with Gasteiger partial charge in [-0.2, -0.15) is 13.2 Å². The first-order valence-corrected chi connectivity index (χ1v) is 18.9. The molecular formula is C32H47B10BrF3N3O3. The molecule has 2 aromatic carbocycles. The van der Waals surface area contributed by atoms with Crippen molar-refractivity contribution in [2.75, 3.05) is 11.4 Å². The number of alkyl halides is 3. The molecule has 1 unspecified atom stereocenters. The van der Waals surface area contributed by atoms with Crippen molar-refractivity contribution in [3.63, 3.8) is 0 Å². The molecule has 0 radical (unpaired) electrons. The number of esters is 1. The average Bonchev–Trinajstić information content (AvgIpc) is 2.99. The normalized spacial score (nSPS) is 19.4. The highest BCUT2D eigenvalue weighted by Crippen LogP contribution is 2.69. The Morgan fingerprint density at radius 2 is 1.46 bits per heavy atom. The number of pyridine rings is 1. The molecule has 1 aliphatic rings. The molecule has 1 aromatic heterocycles. The van der Waals surface area contributed by atoms with Crippen molar-refractivity contribution in [3.05, 3.63) is 69.2 Å². The minimum atomic E-state index is -4.62. The lowest BCUT2D eigenvalue weighted by atomic mass is 9.05. The van der Waals surface area contributed by atoms with E-state index in [1.165, 1.54) is 12.1 Å². The lowest BCUT2D eigenvalue weighted by Gasteiger charge is -2.77. The first kappa shape index (κ1) is 42.3. The van der Waals surface area contributed by atoms with E-state index in [-0.39, 0.29) is 40.6 Å². The van der Waals surface area contributed by atoms with E-state index < -0.39 is 45.8 Å². The second kappa shape index (κ2) is 14.0. The van der Waals surface area contributed by atoms with Gasteiger partial charge in [0.25, 0.3) is 5.91 Å². The summed E-state index contributed by atoms with van der Waals surface area (Å²) >= 11 is 3.57. The molecule has 1 aliphatic heterocycles. The molecule has 1 atom stereocenters. The minimum Gasteiger partial charge on any atom is -0.460 e. The van der Waals surface area contributed by atoms with Crippen molar-refractivity contribution < 1.29 is 27.5 Å². The molecule has 6 nitrogen and oxygen atoms in total. The number of ether oxygens (including phenoxy) is 1. The second-order valence-electron chi connectivity index (χ2n) is 18.0. The number of rotatable bonds is 8. The third-order valence-electron chi connectivity index (χ3n) is 13.2. The maximum atomic E-state index is 14.6. The van der Waals surface area contributed by atoms with Crippen LogP contribution in [0.5, 0.6) is 0 Å². The van der Waals surface area contributed by atoms with Gasteiger partial charge in [-0.15, -0.1) is 0 Å². The first-order valence-electron chi connectivity index (χ1n) is 18.1. The van der Waals surface area contributed by atoms with E-state index in [4.69, 9.17) is 9.72 Å². The molecule has 52 heavy (non-hydrogen) atoms. The van der Waals surface area contributed by atoms with Crippen LogP contribution < -0.4 is 10.2 Å². The van der Waals surface area contributed by atoms with Gasteiger partial charge in [-0.1, -0.05) is 49.8 Å². The SMILES string of the molecule is BC1(B)N(c2nc3ccc(Br)cc3c(C(=O)NCC(CCC(=O)OC(C)(C)C)c3ccccc3C(F)(F)F)c2C)C(B)(B)C(B)(B)C(B)(B)C1(B)B. The lowest BCUT2D eigenvalue weighted by molar-refractivity contribution is -0.155. The van der Waals surface area contributed by atoms with Crippen LogP contribution in [0.3, 0.4) is 0 Å². The number of aromatic nitrogens is 1. The van der Waals surface area contributed by atoms with Crippen LogP contribution in [0.25, 0.3) is 10.9 Å². The molecule has 3 aromatic rings. The average molecular weight is 767 g/mol. The second-order valence-corrected chi connectivity index (χ2v) is 19.0. The number of halogens is 4. The zero-order valence-corrected chi connectivity index (χ0v) is 35.0. The predicted octanol–water partition coefficient (Wildman–Crippen LogP) is -2.23. The number of benzene rings is 2. The topological polar surface area (TPSA) is 71.5 Å². The molecule has 1 fully saturated rings. The van der Waals surface area contributed by atoms with Crippen molar-refractivity contribution in [2.45, 2.75) is 84.5 Å². The summed E-state index contributed by atoms with van der Waals surface area (Å²) < 4.78 is 49.0. The Morgan fingerprint density at radius 1 is 0.904 bits per heavy atom. The number of anilines is 1. The van der Waals surface area contributed by atoms with Crippen molar-refractivity contribution in [1.29, 1.82) is 0 Å². The molecule has 4 rings (SSSR count). The van der Waals surface area contributed by atoms with Crippen LogP contribution >= 0.6 is 15.9 Å². The zero-order valence-electron chi connectivity index (χ0n) is 33.4. The highest BCUT2D eigenvalue weighted by atomic mass is 79.9. The van der Waals surface area contributed by atoms with E-state index in [1.807, 2.05) is 25.1 Å². The van der Waals surface area contributed by atoms with E-state index in [0.717, 1.165) is 10.5 Å². The van der Waals surface area contributed by atoms with Gasteiger partial charge < -0.3 is 15.0 Å². The van der Waals surface area contributed by atoms with Gasteiger partial charge in [-0.3, -0.25) is 9.59 Å². The Kier molecular flexibility index (Phi) is 11.4. The smallest absolute Gasteiger partial charge is 0.416 e. The summed E-state index contributed by atoms with van der Waals surface area (Å²) in [5.74, 6) is -1.07. The molecule has 1 amide bonds. The van der Waals surface area contributed by atoms with Crippen LogP contribution in [0.4, 0.5) is 19.0 Å². The Balaban J connectivity index is 1.85. The monoisotopic (exact) mass is 767 g/mol. The number of nitrogens with one attached hydrogen (secondary N) is 1. The Bertz CT molecular complexity index is 1860. The van der Waals surface area contributed by atoms with Crippen LogP contribution in [0, 0.1) is 6.92 Å². The summed E-state index contributed by atoms with van der Waals surface area (Å²) in [7, 11) is 22.8. The Morgan fingerprint density at radius 3 is 2.00 bits per heavy atom. The number of hydrogen-bond donors (Lipinski definition) is 1. The summed E-state index contributed by atoms with van der Waals surface area (Å²) in [6, 6.07) is 11.0. The summed E-state index contributed by atoms with van der Waals surface area (Å²) in [6.07, 6.45) is -4.68. The highest BCUT2D eigenvalue weighted by molar-refractivity contribution is 9.10. The van der Waals surface area contributed by atoms with Crippen molar-refractivity contribution in [3.8, 4) is 0 Å². The fourth-order valence-electron chi connectivity index (χ4n) is 8.39. The van der Waals surface area contributed by atoms with Gasteiger partial charge in [0.1, 0.15) is 42.8 Å². The van der Waals surface area contributed by atoms with Gasteiger partial charge >= 0.3 is 12.1 Å². The van der Waals surface area contributed by atoms with Gasteiger partial charge in [0.2, 0.25) is 0 Å².